The van der Waals surface area contributed by atoms with Gasteiger partial charge < -0.3 is 10.3 Å². The highest BCUT2D eigenvalue weighted by Crippen LogP contribution is 2.11. The van der Waals surface area contributed by atoms with Gasteiger partial charge in [0.15, 0.2) is 5.69 Å². The number of nitrogens with one attached hydrogen (secondary N) is 1. The largest absolute Gasteiger partial charge is 0.595 e. The van der Waals surface area contributed by atoms with E-state index in [4.69, 9.17) is 10.3 Å². The van der Waals surface area contributed by atoms with Crippen molar-refractivity contribution in [2.45, 2.75) is 13.5 Å². The third-order valence-electron chi connectivity index (χ3n) is 1.77. The number of aliphatic hydroxyl groups excluding tert-OH is 1. The molecule has 1 rings (SSSR count). The van der Waals surface area contributed by atoms with E-state index in [1.807, 2.05) is 6.92 Å². The number of hydrogen-bond donors (Lipinski definition) is 3. The Morgan fingerprint density at radius 2 is 2.17 bits per heavy atom. The van der Waals surface area contributed by atoms with E-state index in [1.165, 1.54) is 12.1 Å². The van der Waals surface area contributed by atoms with Crippen LogP contribution in [-0.4, -0.2) is 10.3 Å². The maximum absolute atomic E-state index is 10.5. The van der Waals surface area contributed by atoms with E-state index >= 15 is 0 Å². The Bertz CT molecular complexity index is 273. The minimum absolute atomic E-state index is 0.118. The Balaban J connectivity index is 3.05. The van der Waals surface area contributed by atoms with E-state index in [1.54, 1.807) is 6.07 Å². The molecule has 12 heavy (non-hydrogen) atoms. The number of quaternary nitrogens is 1. The van der Waals surface area contributed by atoms with Crippen LogP contribution in [0.2, 0.25) is 0 Å². The zero-order valence-corrected chi connectivity index (χ0v) is 6.74. The minimum atomic E-state index is -0.968. The predicted octanol–water partition coefficient (Wildman–Crippen LogP) is -0.109. The van der Waals surface area contributed by atoms with Gasteiger partial charge in [0, 0.05) is 12.1 Å². The van der Waals surface area contributed by atoms with E-state index in [0.29, 0.717) is 5.56 Å². The highest BCUT2D eigenvalue weighted by atomic mass is 16.8. The van der Waals surface area contributed by atoms with Gasteiger partial charge in [-0.3, -0.25) is 0 Å². The molecule has 4 heteroatoms. The number of rotatable bonds is 2. The molecule has 0 aromatic heterocycles. The summed E-state index contributed by atoms with van der Waals surface area (Å²) in [5.74, 6) is 0. The first-order valence-electron chi connectivity index (χ1n) is 3.59. The van der Waals surface area contributed by atoms with Gasteiger partial charge in [-0.25, -0.2) is 5.21 Å². The third-order valence-corrected chi connectivity index (χ3v) is 1.77. The van der Waals surface area contributed by atoms with Crippen LogP contribution in [0.4, 0.5) is 5.69 Å². The Labute approximate surface area is 70.2 Å². The van der Waals surface area contributed by atoms with Gasteiger partial charge in [0.25, 0.3) is 0 Å². The first-order valence-corrected chi connectivity index (χ1v) is 3.59. The maximum Gasteiger partial charge on any atom is 0.164 e. The Morgan fingerprint density at radius 3 is 2.67 bits per heavy atom. The summed E-state index contributed by atoms with van der Waals surface area (Å²) in [5.41, 5.74) is 1.78. The molecule has 0 aliphatic carbocycles. The summed E-state index contributed by atoms with van der Waals surface area (Å²) in [4.78, 5) is 0. The van der Waals surface area contributed by atoms with Crippen LogP contribution < -0.4 is 5.23 Å². The molecular weight excluding hydrogens is 158 g/mol. The van der Waals surface area contributed by atoms with Gasteiger partial charge in [0.1, 0.15) is 0 Å². The summed E-state index contributed by atoms with van der Waals surface area (Å²) < 4.78 is 0. The van der Waals surface area contributed by atoms with Crippen LogP contribution in [0.3, 0.4) is 0 Å². The highest BCUT2D eigenvalue weighted by molar-refractivity contribution is 5.38. The second kappa shape index (κ2) is 3.64. The van der Waals surface area contributed by atoms with Gasteiger partial charge in [0.2, 0.25) is 0 Å². The first-order chi connectivity index (χ1) is 5.65. The lowest BCUT2D eigenvalue weighted by Crippen LogP contribution is -2.99. The zero-order valence-electron chi connectivity index (χ0n) is 6.74. The molecule has 0 fully saturated rings. The molecule has 0 amide bonds. The summed E-state index contributed by atoms with van der Waals surface area (Å²) >= 11 is 0. The Kier molecular flexibility index (Phi) is 2.78. The van der Waals surface area contributed by atoms with Crippen molar-refractivity contribution in [3.8, 4) is 0 Å². The van der Waals surface area contributed by atoms with E-state index in [2.05, 4.69) is 0 Å². The lowest BCUT2D eigenvalue weighted by molar-refractivity contribution is -0.991. The molecule has 0 saturated carbocycles. The van der Waals surface area contributed by atoms with Crippen molar-refractivity contribution in [1.82, 2.24) is 0 Å². The van der Waals surface area contributed by atoms with Crippen molar-refractivity contribution in [1.29, 1.82) is 0 Å². The zero-order chi connectivity index (χ0) is 9.14. The van der Waals surface area contributed by atoms with Crippen molar-refractivity contribution in [3.63, 3.8) is 0 Å². The predicted molar refractivity (Wildman–Crippen MR) is 42.9 cm³/mol. The molecule has 1 aromatic rings. The molecule has 0 aliphatic rings. The lowest BCUT2D eigenvalue weighted by Gasteiger charge is -2.12. The quantitative estimate of drug-likeness (QED) is 0.541. The maximum atomic E-state index is 10.5. The van der Waals surface area contributed by atoms with Crippen LogP contribution in [-0.2, 0) is 6.61 Å². The molecule has 0 radical (unpaired) electrons. The molecule has 66 valence electrons. The molecule has 4 nitrogen and oxygen atoms in total. The second-order valence-corrected chi connectivity index (χ2v) is 2.60. The lowest BCUT2D eigenvalue weighted by atomic mass is 10.1. The molecule has 1 unspecified atom stereocenters. The normalized spacial score (nSPS) is 13.0. The summed E-state index contributed by atoms with van der Waals surface area (Å²) in [7, 11) is 0. The molecule has 3 N–H and O–H groups in total. The number of aliphatic hydroxyl groups is 1. The SMILES string of the molecule is Cc1ccc([NH+]([O-])O)cc1CO. The van der Waals surface area contributed by atoms with Crippen LogP contribution in [0.15, 0.2) is 18.2 Å². The fraction of sp³-hybridized carbons (Fsp3) is 0.250. The standard InChI is InChI=1S/C8H11NO3/c1-6-2-3-8(9(11)12)4-7(6)5-10/h2-4,9-11H,5H2,1H3. The molecule has 1 aromatic carbocycles. The number of benzene rings is 1. The first kappa shape index (κ1) is 9.15. The van der Waals surface area contributed by atoms with Gasteiger partial charge in [-0.2, -0.15) is 5.23 Å². The second-order valence-electron chi connectivity index (χ2n) is 2.60. The van der Waals surface area contributed by atoms with E-state index in [9.17, 15) is 5.21 Å². The van der Waals surface area contributed by atoms with Crippen molar-refractivity contribution in [2.75, 3.05) is 0 Å². The Hall–Kier alpha value is -0.940. The van der Waals surface area contributed by atoms with Gasteiger partial charge in [-0.05, 0) is 18.1 Å². The van der Waals surface area contributed by atoms with Crippen LogP contribution in [0.1, 0.15) is 11.1 Å². The summed E-state index contributed by atoms with van der Waals surface area (Å²) in [6.45, 7) is 1.71. The number of aryl methyl sites for hydroxylation is 1. The molecule has 0 heterocycles. The molecule has 0 saturated heterocycles. The molecule has 0 aliphatic heterocycles. The summed E-state index contributed by atoms with van der Waals surface area (Å²) in [6.07, 6.45) is 0. The van der Waals surface area contributed by atoms with Gasteiger partial charge in [-0.1, -0.05) is 6.07 Å². The fourth-order valence-corrected chi connectivity index (χ4v) is 0.975. The summed E-state index contributed by atoms with van der Waals surface area (Å²) in [6, 6.07) is 4.70. The average molecular weight is 169 g/mol. The van der Waals surface area contributed by atoms with E-state index in [-0.39, 0.29) is 12.3 Å². The number of hydrogen-bond acceptors (Lipinski definition) is 3. The van der Waals surface area contributed by atoms with Crippen LogP contribution >= 0.6 is 0 Å². The minimum Gasteiger partial charge on any atom is -0.595 e. The monoisotopic (exact) mass is 169 g/mol. The van der Waals surface area contributed by atoms with E-state index in [0.717, 1.165) is 5.56 Å². The third kappa shape index (κ3) is 1.80. The molecular formula is C8H11NO3. The van der Waals surface area contributed by atoms with Gasteiger partial charge in [0.05, 0.1) is 6.61 Å². The topological polar surface area (TPSA) is 68.0 Å². The van der Waals surface area contributed by atoms with Crippen molar-refractivity contribution >= 4 is 5.69 Å². The summed E-state index contributed by atoms with van der Waals surface area (Å²) in [5, 5.41) is 27.0. The molecule has 1 atom stereocenters. The molecule has 0 bridgehead atoms. The van der Waals surface area contributed by atoms with Crippen molar-refractivity contribution < 1.29 is 15.5 Å². The average Bonchev–Trinajstić information content (AvgIpc) is 2.05. The highest BCUT2D eigenvalue weighted by Gasteiger charge is 2.03. The van der Waals surface area contributed by atoms with E-state index < -0.39 is 5.23 Å². The smallest absolute Gasteiger partial charge is 0.164 e. The van der Waals surface area contributed by atoms with Crippen LogP contribution in [0, 0.1) is 12.1 Å². The fourth-order valence-electron chi connectivity index (χ4n) is 0.975. The van der Waals surface area contributed by atoms with Crippen molar-refractivity contribution in [2.24, 2.45) is 0 Å². The van der Waals surface area contributed by atoms with Crippen molar-refractivity contribution in [3.05, 3.63) is 34.5 Å². The van der Waals surface area contributed by atoms with Crippen LogP contribution in [0.5, 0.6) is 0 Å². The Morgan fingerprint density at radius 1 is 1.50 bits per heavy atom. The van der Waals surface area contributed by atoms with Gasteiger partial charge in [-0.15, -0.1) is 0 Å². The molecule has 0 spiro atoms. The van der Waals surface area contributed by atoms with Gasteiger partial charge >= 0.3 is 0 Å². The van der Waals surface area contributed by atoms with Crippen LogP contribution in [0.25, 0.3) is 0 Å².